The molecule has 28 heavy (non-hydrogen) atoms. The largest absolute Gasteiger partial charge is 0.326 e. The fourth-order valence-electron chi connectivity index (χ4n) is 3.23. The molecule has 6 nitrogen and oxygen atoms in total. The van der Waals surface area contributed by atoms with E-state index in [0.717, 1.165) is 43.1 Å². The number of aromatic nitrogens is 2. The van der Waals surface area contributed by atoms with Gasteiger partial charge < -0.3 is 9.47 Å². The number of fused-ring (bicyclic) bond motifs is 1. The number of hydrogen-bond acceptors (Lipinski definition) is 4. The molecule has 0 unspecified atom stereocenters. The van der Waals surface area contributed by atoms with Gasteiger partial charge in [-0.25, -0.2) is 9.37 Å². The van der Waals surface area contributed by atoms with Crippen LogP contribution >= 0.6 is 12.4 Å². The van der Waals surface area contributed by atoms with Crippen molar-refractivity contribution in [1.29, 1.82) is 0 Å². The summed E-state index contributed by atoms with van der Waals surface area (Å²) in [6.45, 7) is 7.78. The standard InChI is InChI=1S/C20H23FN4O2.ClH/c1-3-23(4-2)11-12-24-19-10-9-17(25(26)27)14-18(19)22-20(24)13-15-5-7-16(21)8-6-15;/h5-10,14H,3-4,11-13H2,1-2H3;1H. The second-order valence-corrected chi connectivity index (χ2v) is 6.44. The SMILES string of the molecule is CCN(CC)CCn1c(Cc2ccc(F)cc2)nc2cc([N+](=O)[O-])ccc21.Cl. The third-order valence-corrected chi connectivity index (χ3v) is 4.83. The Labute approximate surface area is 169 Å². The van der Waals surface area contributed by atoms with Crippen molar-refractivity contribution in [2.24, 2.45) is 0 Å². The summed E-state index contributed by atoms with van der Waals surface area (Å²) in [5.74, 6) is 0.550. The second-order valence-electron chi connectivity index (χ2n) is 6.44. The molecule has 0 atom stereocenters. The molecule has 2 aromatic carbocycles. The van der Waals surface area contributed by atoms with Gasteiger partial charge >= 0.3 is 0 Å². The molecule has 3 aromatic rings. The van der Waals surface area contributed by atoms with E-state index in [2.05, 4.69) is 28.3 Å². The molecule has 0 radical (unpaired) electrons. The minimum atomic E-state index is -0.409. The number of likely N-dealkylation sites (N-methyl/N-ethyl adjacent to an activating group) is 1. The summed E-state index contributed by atoms with van der Waals surface area (Å²) in [5, 5.41) is 11.1. The van der Waals surface area contributed by atoms with Crippen LogP contribution in [0.3, 0.4) is 0 Å². The Balaban J connectivity index is 0.00000280. The lowest BCUT2D eigenvalue weighted by Crippen LogP contribution is -2.27. The van der Waals surface area contributed by atoms with E-state index in [1.807, 2.05) is 0 Å². The second kappa shape index (κ2) is 9.61. The number of halogens is 2. The van der Waals surface area contributed by atoms with Crippen molar-refractivity contribution in [1.82, 2.24) is 14.5 Å². The summed E-state index contributed by atoms with van der Waals surface area (Å²) in [7, 11) is 0. The van der Waals surface area contributed by atoms with Gasteiger partial charge in [-0.2, -0.15) is 0 Å². The highest BCUT2D eigenvalue weighted by Crippen LogP contribution is 2.23. The smallest absolute Gasteiger partial charge is 0.271 e. The van der Waals surface area contributed by atoms with Crippen LogP contribution in [0.1, 0.15) is 25.2 Å². The van der Waals surface area contributed by atoms with Crippen LogP contribution in [0.25, 0.3) is 11.0 Å². The average molecular weight is 407 g/mol. The van der Waals surface area contributed by atoms with Crippen LogP contribution in [0, 0.1) is 15.9 Å². The Hall–Kier alpha value is -2.51. The van der Waals surface area contributed by atoms with Gasteiger partial charge in [-0.15, -0.1) is 12.4 Å². The number of nitro benzene ring substituents is 1. The normalized spacial score (nSPS) is 11.0. The van der Waals surface area contributed by atoms with E-state index in [0.29, 0.717) is 11.9 Å². The maximum atomic E-state index is 13.2. The Kier molecular flexibility index (Phi) is 7.48. The number of hydrogen-bond donors (Lipinski definition) is 0. The summed E-state index contributed by atoms with van der Waals surface area (Å²) in [6.07, 6.45) is 0.543. The van der Waals surface area contributed by atoms with Crippen LogP contribution in [0.4, 0.5) is 10.1 Å². The highest BCUT2D eigenvalue weighted by Gasteiger charge is 2.15. The van der Waals surface area contributed by atoms with Gasteiger partial charge in [-0.3, -0.25) is 10.1 Å². The lowest BCUT2D eigenvalue weighted by atomic mass is 10.1. The van der Waals surface area contributed by atoms with Crippen LogP contribution in [0.2, 0.25) is 0 Å². The minimum Gasteiger partial charge on any atom is -0.326 e. The summed E-state index contributed by atoms with van der Waals surface area (Å²) in [6, 6.07) is 11.1. The van der Waals surface area contributed by atoms with E-state index in [9.17, 15) is 14.5 Å². The van der Waals surface area contributed by atoms with Crippen molar-refractivity contribution in [3.63, 3.8) is 0 Å². The minimum absolute atomic E-state index is 0. The third-order valence-electron chi connectivity index (χ3n) is 4.83. The molecule has 0 N–H and O–H groups in total. The zero-order valence-electron chi connectivity index (χ0n) is 16.0. The van der Waals surface area contributed by atoms with Crippen molar-refractivity contribution < 1.29 is 9.31 Å². The van der Waals surface area contributed by atoms with Crippen molar-refractivity contribution in [2.45, 2.75) is 26.8 Å². The Morgan fingerprint density at radius 3 is 2.43 bits per heavy atom. The van der Waals surface area contributed by atoms with E-state index < -0.39 is 4.92 Å². The number of benzene rings is 2. The predicted molar refractivity (Wildman–Crippen MR) is 111 cm³/mol. The zero-order chi connectivity index (χ0) is 19.4. The van der Waals surface area contributed by atoms with E-state index in [-0.39, 0.29) is 23.9 Å². The first kappa shape index (κ1) is 21.8. The molecule has 8 heteroatoms. The van der Waals surface area contributed by atoms with Crippen molar-refractivity contribution in [3.8, 4) is 0 Å². The van der Waals surface area contributed by atoms with E-state index >= 15 is 0 Å². The summed E-state index contributed by atoms with van der Waals surface area (Å²) in [5.41, 5.74) is 2.47. The molecule has 0 aliphatic heterocycles. The molecule has 0 amide bonds. The van der Waals surface area contributed by atoms with Gasteiger partial charge in [-0.05, 0) is 36.9 Å². The highest BCUT2D eigenvalue weighted by molar-refractivity contribution is 5.85. The first-order valence-electron chi connectivity index (χ1n) is 9.12. The van der Waals surface area contributed by atoms with Crippen molar-refractivity contribution >= 4 is 29.1 Å². The molecule has 0 spiro atoms. The summed E-state index contributed by atoms with van der Waals surface area (Å²) in [4.78, 5) is 17.6. The Morgan fingerprint density at radius 1 is 1.14 bits per heavy atom. The molecule has 0 aliphatic carbocycles. The van der Waals surface area contributed by atoms with Gasteiger partial charge in [0.2, 0.25) is 0 Å². The maximum absolute atomic E-state index is 13.2. The molecule has 0 bridgehead atoms. The molecule has 3 rings (SSSR count). The van der Waals surface area contributed by atoms with E-state index in [1.165, 1.54) is 24.3 Å². The summed E-state index contributed by atoms with van der Waals surface area (Å²) >= 11 is 0. The average Bonchev–Trinajstić information content (AvgIpc) is 3.00. The van der Waals surface area contributed by atoms with Gasteiger partial charge in [0, 0.05) is 31.6 Å². The predicted octanol–water partition coefficient (Wildman–Crippen LogP) is 4.44. The van der Waals surface area contributed by atoms with Gasteiger partial charge in [0.1, 0.15) is 11.6 Å². The van der Waals surface area contributed by atoms with Crippen LogP contribution < -0.4 is 0 Å². The molecule has 0 aliphatic rings. The molecule has 1 aromatic heterocycles. The maximum Gasteiger partial charge on any atom is 0.271 e. The molecule has 0 fully saturated rings. The molecular weight excluding hydrogens is 383 g/mol. The van der Waals surface area contributed by atoms with Gasteiger partial charge in [-0.1, -0.05) is 26.0 Å². The lowest BCUT2D eigenvalue weighted by molar-refractivity contribution is -0.384. The first-order valence-corrected chi connectivity index (χ1v) is 9.12. The molecule has 0 saturated carbocycles. The Morgan fingerprint density at radius 2 is 1.82 bits per heavy atom. The fraction of sp³-hybridized carbons (Fsp3) is 0.350. The lowest BCUT2D eigenvalue weighted by Gasteiger charge is -2.19. The Bertz CT molecular complexity index is 939. The number of nitro groups is 1. The zero-order valence-corrected chi connectivity index (χ0v) is 16.8. The molecular formula is C20H24ClFN4O2. The van der Waals surface area contributed by atoms with Crippen LogP contribution in [0.5, 0.6) is 0 Å². The number of rotatable bonds is 8. The number of non-ortho nitro benzene ring substituents is 1. The molecule has 1 heterocycles. The van der Waals surface area contributed by atoms with E-state index in [1.54, 1.807) is 18.2 Å². The molecule has 150 valence electrons. The van der Waals surface area contributed by atoms with Gasteiger partial charge in [0.05, 0.1) is 16.0 Å². The van der Waals surface area contributed by atoms with Crippen molar-refractivity contribution in [3.05, 3.63) is 69.8 Å². The van der Waals surface area contributed by atoms with Crippen LogP contribution in [-0.4, -0.2) is 39.0 Å². The highest BCUT2D eigenvalue weighted by atomic mass is 35.5. The van der Waals surface area contributed by atoms with Crippen LogP contribution in [-0.2, 0) is 13.0 Å². The van der Waals surface area contributed by atoms with Crippen LogP contribution in [0.15, 0.2) is 42.5 Å². The number of nitrogens with zero attached hydrogens (tertiary/aromatic N) is 4. The summed E-state index contributed by atoms with van der Waals surface area (Å²) < 4.78 is 15.3. The molecule has 0 saturated heterocycles. The van der Waals surface area contributed by atoms with Gasteiger partial charge in [0.25, 0.3) is 5.69 Å². The van der Waals surface area contributed by atoms with Crippen molar-refractivity contribution in [2.75, 3.05) is 19.6 Å². The first-order chi connectivity index (χ1) is 13.0. The number of imidazole rings is 1. The van der Waals surface area contributed by atoms with Gasteiger partial charge in [0.15, 0.2) is 0 Å². The third kappa shape index (κ3) is 4.85. The fourth-order valence-corrected chi connectivity index (χ4v) is 3.23. The topological polar surface area (TPSA) is 64.2 Å². The monoisotopic (exact) mass is 406 g/mol. The van der Waals surface area contributed by atoms with E-state index in [4.69, 9.17) is 0 Å². The quantitative estimate of drug-likeness (QED) is 0.410.